The Morgan fingerprint density at radius 2 is 0.625 bits per heavy atom. The minimum absolute atomic E-state index is 0. The highest BCUT2D eigenvalue weighted by Crippen LogP contribution is 0.984. The molecule has 0 heterocycles. The van der Waals surface area contributed by atoms with Gasteiger partial charge in [-0.05, 0) is 28.2 Å². The summed E-state index contributed by atoms with van der Waals surface area (Å²) in [7, 11) is 7.50. The van der Waals surface area contributed by atoms with Gasteiger partial charge in [0, 0.05) is 0 Å². The van der Waals surface area contributed by atoms with Crippen LogP contribution in [0.25, 0.3) is 0 Å². The van der Waals surface area contributed by atoms with E-state index >= 15 is 0 Å². The van der Waals surface area contributed by atoms with Gasteiger partial charge in [-0.3, -0.25) is 9.41 Å². The Bertz CT molecular complexity index is 14.0. The van der Waals surface area contributed by atoms with Gasteiger partial charge in [0.05, 0.1) is 0 Å². The van der Waals surface area contributed by atoms with E-state index in [1.165, 1.54) is 0 Å². The Balaban J connectivity index is -0.0000000160. The molecule has 0 saturated heterocycles. The third-order valence-electron chi connectivity index (χ3n) is 0. The van der Waals surface area contributed by atoms with Gasteiger partial charge in [0.15, 0.2) is 0 Å². The summed E-state index contributed by atoms with van der Waals surface area (Å²) >= 11 is 0. The lowest BCUT2D eigenvalue weighted by atomic mass is 11.3. The molecule has 0 aliphatic carbocycles. The zero-order valence-electron chi connectivity index (χ0n) is 5.82. The third kappa shape index (κ3) is 2730. The Labute approximate surface area is 49.4 Å². The number of rotatable bonds is 0. The number of hydrogen-bond donors (Lipinski definition) is 2. The molecule has 2 N–H and O–H groups in total. The van der Waals surface area contributed by atoms with Crippen molar-refractivity contribution in [3.8, 4) is 0 Å². The highest BCUT2D eigenvalue weighted by molar-refractivity contribution is 3.91. The zero-order chi connectivity index (χ0) is 5.41. The molecule has 0 radical (unpaired) electrons. The van der Waals surface area contributed by atoms with Crippen molar-refractivity contribution >= 4 is 0 Å². The van der Waals surface area contributed by atoms with Gasteiger partial charge in [0.2, 0.25) is 0 Å². The van der Waals surface area contributed by atoms with Crippen LogP contribution in [0.1, 0.15) is 0 Å². The predicted molar refractivity (Wildman–Crippen MR) is 35.0 cm³/mol. The van der Waals surface area contributed by atoms with Crippen molar-refractivity contribution in [2.45, 2.75) is 0 Å². The van der Waals surface area contributed by atoms with Gasteiger partial charge in [-0.15, -0.1) is 0 Å². The highest BCUT2D eigenvalue weighted by Gasteiger charge is 1.26. The van der Waals surface area contributed by atoms with E-state index < -0.39 is 0 Å². The summed E-state index contributed by atoms with van der Waals surface area (Å²) in [4.78, 5) is 0. The zero-order valence-corrected chi connectivity index (χ0v) is 5.82. The summed E-state index contributed by atoms with van der Waals surface area (Å²) in [5.41, 5.74) is 0. The highest BCUT2D eigenvalue weighted by atomic mass is 19.0. The minimum Gasteiger partial charge on any atom is -0.323 e. The molecule has 4 heteroatoms. The number of halogens is 2. The molecule has 0 amide bonds. The molecule has 0 bridgehead atoms. The van der Waals surface area contributed by atoms with Gasteiger partial charge >= 0.3 is 0 Å². The van der Waals surface area contributed by atoms with Gasteiger partial charge < -0.3 is 10.6 Å². The van der Waals surface area contributed by atoms with Gasteiger partial charge in [-0.2, -0.15) is 0 Å². The average molecular weight is 130 g/mol. The van der Waals surface area contributed by atoms with Crippen LogP contribution in [0.5, 0.6) is 0 Å². The Hall–Kier alpha value is -0.220. The second-order valence-electron chi connectivity index (χ2n) is 1.00. The molecule has 0 aromatic carbocycles. The summed E-state index contributed by atoms with van der Waals surface area (Å²) < 4.78 is 0. The fourth-order valence-corrected chi connectivity index (χ4v) is 0. The standard InChI is InChI=1S/2C2H7N.2FH/c2*1-3-2;;/h2*3H,1-2H3;2*1H. The van der Waals surface area contributed by atoms with Crippen LogP contribution in [0, 0.1) is 0 Å². The molecular weight excluding hydrogens is 114 g/mol. The predicted octanol–water partition coefficient (Wildman–Crippen LogP) is -0.0238. The van der Waals surface area contributed by atoms with Crippen molar-refractivity contribution in [1.82, 2.24) is 10.6 Å². The largest absolute Gasteiger partial charge is 0.323 e. The first-order valence-electron chi connectivity index (χ1n) is 2.00. The van der Waals surface area contributed by atoms with Crippen molar-refractivity contribution < 1.29 is 9.41 Å². The van der Waals surface area contributed by atoms with E-state index in [0.717, 1.165) is 0 Å². The van der Waals surface area contributed by atoms with Crippen molar-refractivity contribution in [1.29, 1.82) is 0 Å². The van der Waals surface area contributed by atoms with Crippen molar-refractivity contribution in [3.63, 3.8) is 0 Å². The van der Waals surface area contributed by atoms with Crippen molar-refractivity contribution in [2.24, 2.45) is 0 Å². The number of hydrogen-bond acceptors (Lipinski definition) is 2. The summed E-state index contributed by atoms with van der Waals surface area (Å²) in [6.07, 6.45) is 0. The summed E-state index contributed by atoms with van der Waals surface area (Å²) in [5, 5.41) is 5.50. The van der Waals surface area contributed by atoms with Crippen molar-refractivity contribution in [2.75, 3.05) is 28.2 Å². The van der Waals surface area contributed by atoms with Crippen LogP contribution < -0.4 is 10.6 Å². The van der Waals surface area contributed by atoms with Crippen LogP contribution in [-0.2, 0) is 0 Å². The average Bonchev–Trinajstić information content (AvgIpc) is 1.39. The van der Waals surface area contributed by atoms with Gasteiger partial charge in [-0.1, -0.05) is 0 Å². The summed E-state index contributed by atoms with van der Waals surface area (Å²) in [6, 6.07) is 0. The topological polar surface area (TPSA) is 24.1 Å². The quantitative estimate of drug-likeness (QED) is 0.481. The maximum atomic E-state index is 2.75. The minimum atomic E-state index is 0. The Morgan fingerprint density at radius 1 is 0.625 bits per heavy atom. The van der Waals surface area contributed by atoms with Crippen LogP contribution in [0.3, 0.4) is 0 Å². The molecule has 0 saturated carbocycles. The first-order valence-corrected chi connectivity index (χ1v) is 2.00. The molecule has 0 unspecified atom stereocenters. The summed E-state index contributed by atoms with van der Waals surface area (Å²) in [6.45, 7) is 0. The van der Waals surface area contributed by atoms with Gasteiger partial charge in [0.25, 0.3) is 0 Å². The molecule has 0 rings (SSSR count). The second-order valence-corrected chi connectivity index (χ2v) is 1.00. The second kappa shape index (κ2) is 71.5. The SMILES string of the molecule is CNC.CNC.F.F. The van der Waals surface area contributed by atoms with Crippen LogP contribution in [0.2, 0.25) is 0 Å². The molecule has 0 aromatic heterocycles. The van der Waals surface area contributed by atoms with E-state index in [2.05, 4.69) is 10.6 Å². The maximum absolute atomic E-state index is 2.75. The fourth-order valence-electron chi connectivity index (χ4n) is 0. The van der Waals surface area contributed by atoms with Crippen LogP contribution in [0.15, 0.2) is 0 Å². The lowest BCUT2D eigenvalue weighted by molar-refractivity contribution is 1.02. The molecule has 2 nitrogen and oxygen atoms in total. The summed E-state index contributed by atoms with van der Waals surface area (Å²) in [5.74, 6) is 0. The third-order valence-corrected chi connectivity index (χ3v) is 0. The molecule has 8 heavy (non-hydrogen) atoms. The Kier molecular flexibility index (Phi) is 224. The fraction of sp³-hybridized carbons (Fsp3) is 1.00. The first kappa shape index (κ1) is 25.0. The van der Waals surface area contributed by atoms with E-state index in [1.54, 1.807) is 0 Å². The van der Waals surface area contributed by atoms with Crippen LogP contribution in [-0.4, -0.2) is 28.2 Å². The lowest BCUT2D eigenvalue weighted by Gasteiger charge is -1.59. The first-order chi connectivity index (χ1) is 2.83. The molecule has 0 fully saturated rings. The van der Waals surface area contributed by atoms with E-state index in [9.17, 15) is 0 Å². The lowest BCUT2D eigenvalue weighted by Crippen LogP contribution is -1.89. The molecule has 0 aliphatic rings. The van der Waals surface area contributed by atoms with Crippen LogP contribution >= 0.6 is 0 Å². The van der Waals surface area contributed by atoms with Crippen LogP contribution in [0.4, 0.5) is 9.41 Å². The van der Waals surface area contributed by atoms with Crippen molar-refractivity contribution in [3.05, 3.63) is 0 Å². The molecule has 56 valence electrons. The van der Waals surface area contributed by atoms with Gasteiger partial charge in [0.1, 0.15) is 0 Å². The molecule has 0 spiro atoms. The van der Waals surface area contributed by atoms with Gasteiger partial charge in [-0.25, -0.2) is 0 Å². The maximum Gasteiger partial charge on any atom is -0.0167 e. The monoisotopic (exact) mass is 130 g/mol. The smallest absolute Gasteiger partial charge is 0.0167 e. The van der Waals surface area contributed by atoms with E-state index in [4.69, 9.17) is 0 Å². The molecule has 0 aliphatic heterocycles. The molecule has 0 atom stereocenters. The Morgan fingerprint density at radius 3 is 0.625 bits per heavy atom. The molecular formula is C4H16F2N2. The van der Waals surface area contributed by atoms with E-state index in [0.29, 0.717) is 0 Å². The molecule has 0 aromatic rings. The van der Waals surface area contributed by atoms with E-state index in [-0.39, 0.29) is 9.41 Å². The number of nitrogens with one attached hydrogen (secondary N) is 2. The van der Waals surface area contributed by atoms with E-state index in [1.807, 2.05) is 28.2 Å². The normalized spacial score (nSPS) is 4.50.